The Kier molecular flexibility index (Phi) is 40.6. The molecular formula is C49H80O6. The van der Waals surface area contributed by atoms with Crippen LogP contribution >= 0.6 is 0 Å². The molecule has 0 aromatic heterocycles. The fourth-order valence-electron chi connectivity index (χ4n) is 5.58. The maximum absolute atomic E-state index is 12.6. The third kappa shape index (κ3) is 41.6. The molecule has 0 aliphatic heterocycles. The lowest BCUT2D eigenvalue weighted by atomic mass is 10.1. The van der Waals surface area contributed by atoms with Crippen molar-refractivity contribution >= 4 is 17.9 Å². The van der Waals surface area contributed by atoms with E-state index in [0.717, 1.165) is 89.9 Å². The van der Waals surface area contributed by atoms with Crippen LogP contribution in [0.5, 0.6) is 0 Å². The van der Waals surface area contributed by atoms with E-state index in [0.29, 0.717) is 19.3 Å². The summed E-state index contributed by atoms with van der Waals surface area (Å²) in [6.45, 7) is 6.33. The van der Waals surface area contributed by atoms with E-state index in [1.165, 1.54) is 51.4 Å². The molecule has 1 unspecified atom stereocenters. The molecule has 0 radical (unpaired) electrons. The highest BCUT2D eigenvalue weighted by Gasteiger charge is 2.19. The van der Waals surface area contributed by atoms with Gasteiger partial charge in [-0.3, -0.25) is 14.4 Å². The number of carbonyl (C=O) groups excluding carboxylic acids is 3. The molecule has 0 amide bonds. The second-order valence-electron chi connectivity index (χ2n) is 14.2. The zero-order valence-corrected chi connectivity index (χ0v) is 35.4. The molecule has 0 aromatic carbocycles. The number of hydrogen-bond acceptors (Lipinski definition) is 6. The first kappa shape index (κ1) is 51.6. The molecule has 0 bridgehead atoms. The van der Waals surface area contributed by atoms with Gasteiger partial charge < -0.3 is 14.2 Å². The molecule has 0 fully saturated rings. The van der Waals surface area contributed by atoms with E-state index in [2.05, 4.69) is 93.7 Å². The summed E-state index contributed by atoms with van der Waals surface area (Å²) in [5.74, 6) is -1.02. The van der Waals surface area contributed by atoms with Crippen molar-refractivity contribution in [3.63, 3.8) is 0 Å². The first-order valence-corrected chi connectivity index (χ1v) is 22.1. The highest BCUT2D eigenvalue weighted by atomic mass is 16.6. The van der Waals surface area contributed by atoms with Gasteiger partial charge in [-0.15, -0.1) is 0 Å². The summed E-state index contributed by atoms with van der Waals surface area (Å²) in [4.78, 5) is 37.5. The van der Waals surface area contributed by atoms with Crippen LogP contribution in [0.1, 0.15) is 188 Å². The van der Waals surface area contributed by atoms with Gasteiger partial charge in [0.15, 0.2) is 6.10 Å². The average molecular weight is 765 g/mol. The minimum absolute atomic E-state index is 0.104. The second kappa shape index (κ2) is 43.3. The van der Waals surface area contributed by atoms with Crippen molar-refractivity contribution in [1.29, 1.82) is 0 Å². The maximum atomic E-state index is 12.6. The Bertz CT molecular complexity index is 1110. The van der Waals surface area contributed by atoms with Crippen molar-refractivity contribution in [3.05, 3.63) is 85.1 Å². The number of allylic oxidation sites excluding steroid dienone is 14. The molecule has 312 valence electrons. The standard InChI is InChI=1S/C49H80O6/c1-4-7-10-13-16-18-20-22-23-24-25-26-27-28-30-31-33-36-39-42-48(51)54-45-46(44-53-47(50)41-38-35-15-12-9-6-3)55-49(52)43-40-37-34-32-29-21-19-17-14-11-8-5-2/h7,10,16-19,22-23,25-26,28,30,33,36,46H,4-6,8-9,11-15,20-21,24,27,29,31-32,34-35,37-45H2,1-3H3/b10-7-,18-16-,19-17-,23-22-,26-25-,30-28-,36-33-. The van der Waals surface area contributed by atoms with Crippen molar-refractivity contribution in [2.45, 2.75) is 194 Å². The van der Waals surface area contributed by atoms with E-state index >= 15 is 0 Å². The molecule has 6 heteroatoms. The lowest BCUT2D eigenvalue weighted by Gasteiger charge is -2.18. The summed E-state index contributed by atoms with van der Waals surface area (Å²) in [6, 6.07) is 0. The van der Waals surface area contributed by atoms with Gasteiger partial charge in [-0.05, 0) is 83.5 Å². The number of esters is 3. The molecule has 0 saturated heterocycles. The number of ether oxygens (including phenoxy) is 3. The molecule has 0 aromatic rings. The zero-order chi connectivity index (χ0) is 40.1. The maximum Gasteiger partial charge on any atom is 0.306 e. The van der Waals surface area contributed by atoms with Crippen molar-refractivity contribution in [2.24, 2.45) is 0 Å². The van der Waals surface area contributed by atoms with Gasteiger partial charge >= 0.3 is 17.9 Å². The van der Waals surface area contributed by atoms with Gasteiger partial charge in [0.2, 0.25) is 0 Å². The highest BCUT2D eigenvalue weighted by Crippen LogP contribution is 2.12. The lowest BCUT2D eigenvalue weighted by molar-refractivity contribution is -0.166. The first-order chi connectivity index (χ1) is 27.0. The Balaban J connectivity index is 4.42. The van der Waals surface area contributed by atoms with Crippen LogP contribution in [0.15, 0.2) is 85.1 Å². The normalized spacial score (nSPS) is 12.9. The molecule has 0 spiro atoms. The van der Waals surface area contributed by atoms with Crippen molar-refractivity contribution in [3.8, 4) is 0 Å². The van der Waals surface area contributed by atoms with Crippen LogP contribution in [-0.2, 0) is 28.6 Å². The van der Waals surface area contributed by atoms with Crippen LogP contribution in [0.2, 0.25) is 0 Å². The summed E-state index contributed by atoms with van der Waals surface area (Å²) >= 11 is 0. The number of hydrogen-bond donors (Lipinski definition) is 0. The quantitative estimate of drug-likeness (QED) is 0.0270. The minimum atomic E-state index is -0.806. The Morgan fingerprint density at radius 2 is 0.745 bits per heavy atom. The van der Waals surface area contributed by atoms with Gasteiger partial charge in [-0.2, -0.15) is 0 Å². The number of rotatable bonds is 38. The van der Waals surface area contributed by atoms with Gasteiger partial charge in [-0.1, -0.05) is 170 Å². The van der Waals surface area contributed by atoms with E-state index in [1.54, 1.807) is 0 Å². The fraction of sp³-hybridized carbons (Fsp3) is 0.653. The second-order valence-corrected chi connectivity index (χ2v) is 14.2. The SMILES string of the molecule is CC/C=C\C/C=C\C/C=C\C/C=C\C/C=C\C/C=C\CCC(=O)OCC(COC(=O)CCCCCCCC)OC(=O)CCCCCCC/C=C\CCCCC. The summed E-state index contributed by atoms with van der Waals surface area (Å²) in [5.41, 5.74) is 0. The number of unbranched alkanes of at least 4 members (excludes halogenated alkanes) is 13. The van der Waals surface area contributed by atoms with Crippen LogP contribution < -0.4 is 0 Å². The molecule has 0 aliphatic rings. The van der Waals surface area contributed by atoms with E-state index in [1.807, 2.05) is 12.2 Å². The van der Waals surface area contributed by atoms with Crippen molar-refractivity contribution < 1.29 is 28.6 Å². The summed E-state index contributed by atoms with van der Waals surface area (Å²) in [6.07, 6.45) is 54.5. The smallest absolute Gasteiger partial charge is 0.306 e. The van der Waals surface area contributed by atoms with Gasteiger partial charge in [0.05, 0.1) is 0 Å². The lowest BCUT2D eigenvalue weighted by Crippen LogP contribution is -2.30. The third-order valence-corrected chi connectivity index (χ3v) is 8.90. The van der Waals surface area contributed by atoms with E-state index in [9.17, 15) is 14.4 Å². The summed E-state index contributed by atoms with van der Waals surface area (Å²) < 4.78 is 16.5. The molecule has 0 N–H and O–H groups in total. The monoisotopic (exact) mass is 765 g/mol. The van der Waals surface area contributed by atoms with Gasteiger partial charge in [0.1, 0.15) is 13.2 Å². The van der Waals surface area contributed by atoms with Crippen LogP contribution in [0.4, 0.5) is 0 Å². The zero-order valence-electron chi connectivity index (χ0n) is 35.4. The molecule has 1 atom stereocenters. The van der Waals surface area contributed by atoms with Crippen LogP contribution in [0.3, 0.4) is 0 Å². The molecule has 0 aliphatic carbocycles. The summed E-state index contributed by atoms with van der Waals surface area (Å²) in [7, 11) is 0. The van der Waals surface area contributed by atoms with Gasteiger partial charge in [0, 0.05) is 19.3 Å². The fourth-order valence-corrected chi connectivity index (χ4v) is 5.58. The Hall–Kier alpha value is -3.41. The molecule has 55 heavy (non-hydrogen) atoms. The van der Waals surface area contributed by atoms with Crippen molar-refractivity contribution in [2.75, 3.05) is 13.2 Å². The van der Waals surface area contributed by atoms with Gasteiger partial charge in [0.25, 0.3) is 0 Å². The largest absolute Gasteiger partial charge is 0.462 e. The average Bonchev–Trinajstić information content (AvgIpc) is 3.18. The van der Waals surface area contributed by atoms with Crippen molar-refractivity contribution in [1.82, 2.24) is 0 Å². The predicted molar refractivity (Wildman–Crippen MR) is 233 cm³/mol. The topological polar surface area (TPSA) is 78.9 Å². The molecule has 6 nitrogen and oxygen atoms in total. The highest BCUT2D eigenvalue weighted by molar-refractivity contribution is 5.71. The molecule has 0 heterocycles. The van der Waals surface area contributed by atoms with E-state index in [-0.39, 0.29) is 37.5 Å². The van der Waals surface area contributed by atoms with E-state index < -0.39 is 6.10 Å². The minimum Gasteiger partial charge on any atom is -0.462 e. The number of carbonyl (C=O) groups is 3. The van der Waals surface area contributed by atoms with Crippen LogP contribution in [0.25, 0.3) is 0 Å². The molecular weight excluding hydrogens is 685 g/mol. The Morgan fingerprint density at radius 1 is 0.382 bits per heavy atom. The van der Waals surface area contributed by atoms with Gasteiger partial charge in [-0.25, -0.2) is 0 Å². The molecule has 0 saturated carbocycles. The Morgan fingerprint density at radius 3 is 1.25 bits per heavy atom. The predicted octanol–water partition coefficient (Wildman–Crippen LogP) is 14.1. The van der Waals surface area contributed by atoms with Crippen LogP contribution in [-0.4, -0.2) is 37.2 Å². The Labute approximate surface area is 337 Å². The van der Waals surface area contributed by atoms with Crippen LogP contribution in [0, 0.1) is 0 Å². The first-order valence-electron chi connectivity index (χ1n) is 22.1. The third-order valence-electron chi connectivity index (χ3n) is 8.90. The molecule has 0 rings (SSSR count). The summed E-state index contributed by atoms with van der Waals surface area (Å²) in [5, 5.41) is 0. The van der Waals surface area contributed by atoms with E-state index in [4.69, 9.17) is 14.2 Å².